The SMILES string of the molecule is C=C(CNC(C)C)CN(CCC)C(C)C. The number of hydrogen-bond donors (Lipinski definition) is 1. The van der Waals surface area contributed by atoms with Gasteiger partial charge in [0.15, 0.2) is 0 Å². The maximum Gasteiger partial charge on any atom is 0.0205 e. The summed E-state index contributed by atoms with van der Waals surface area (Å²) >= 11 is 0. The van der Waals surface area contributed by atoms with Crippen molar-refractivity contribution in [2.75, 3.05) is 19.6 Å². The second-order valence-corrected chi connectivity index (χ2v) is 4.85. The van der Waals surface area contributed by atoms with Crippen LogP contribution in [0.15, 0.2) is 12.2 Å². The van der Waals surface area contributed by atoms with Crippen molar-refractivity contribution < 1.29 is 0 Å². The fraction of sp³-hybridized carbons (Fsp3) is 0.846. The minimum Gasteiger partial charge on any atom is -0.311 e. The van der Waals surface area contributed by atoms with Crippen LogP contribution in [0.25, 0.3) is 0 Å². The van der Waals surface area contributed by atoms with Gasteiger partial charge < -0.3 is 5.32 Å². The van der Waals surface area contributed by atoms with Crippen LogP contribution >= 0.6 is 0 Å². The third-order valence-corrected chi connectivity index (χ3v) is 2.43. The molecule has 0 spiro atoms. The first-order valence-electron chi connectivity index (χ1n) is 6.11. The molecule has 0 aromatic rings. The van der Waals surface area contributed by atoms with Crippen molar-refractivity contribution in [1.29, 1.82) is 0 Å². The van der Waals surface area contributed by atoms with Crippen molar-refractivity contribution >= 4 is 0 Å². The average Bonchev–Trinajstić information content (AvgIpc) is 2.14. The maximum absolute atomic E-state index is 4.13. The zero-order chi connectivity index (χ0) is 11.8. The van der Waals surface area contributed by atoms with Crippen LogP contribution in [-0.4, -0.2) is 36.6 Å². The predicted molar refractivity (Wildman–Crippen MR) is 69.3 cm³/mol. The molecule has 0 bridgehead atoms. The highest BCUT2D eigenvalue weighted by Gasteiger charge is 2.09. The van der Waals surface area contributed by atoms with Crippen LogP contribution in [-0.2, 0) is 0 Å². The minimum atomic E-state index is 0.542. The van der Waals surface area contributed by atoms with Gasteiger partial charge in [0.05, 0.1) is 0 Å². The Balaban J connectivity index is 3.89. The lowest BCUT2D eigenvalue weighted by molar-refractivity contribution is 0.239. The number of rotatable bonds is 8. The summed E-state index contributed by atoms with van der Waals surface area (Å²) in [7, 11) is 0. The molecule has 90 valence electrons. The van der Waals surface area contributed by atoms with Crippen molar-refractivity contribution in [2.24, 2.45) is 0 Å². The first-order valence-corrected chi connectivity index (χ1v) is 6.11. The average molecular weight is 212 g/mol. The third kappa shape index (κ3) is 7.57. The molecule has 0 heterocycles. The molecule has 0 saturated carbocycles. The highest BCUT2D eigenvalue weighted by Crippen LogP contribution is 2.03. The molecule has 15 heavy (non-hydrogen) atoms. The van der Waals surface area contributed by atoms with E-state index in [9.17, 15) is 0 Å². The standard InChI is InChI=1S/C13H28N2/c1-7-8-15(12(4)5)10-13(6)9-14-11(2)3/h11-12,14H,6-10H2,1-5H3. The van der Waals surface area contributed by atoms with Crippen molar-refractivity contribution in [3.8, 4) is 0 Å². The lowest BCUT2D eigenvalue weighted by Gasteiger charge is -2.27. The summed E-state index contributed by atoms with van der Waals surface area (Å²) in [6.45, 7) is 18.3. The largest absolute Gasteiger partial charge is 0.311 e. The quantitative estimate of drug-likeness (QED) is 0.622. The lowest BCUT2D eigenvalue weighted by atomic mass is 10.2. The molecule has 0 rings (SSSR count). The van der Waals surface area contributed by atoms with E-state index in [-0.39, 0.29) is 0 Å². The normalized spacial score (nSPS) is 11.7. The molecule has 0 aliphatic carbocycles. The van der Waals surface area contributed by atoms with Crippen LogP contribution in [0.1, 0.15) is 41.0 Å². The molecule has 0 fully saturated rings. The van der Waals surface area contributed by atoms with Gasteiger partial charge in [-0.15, -0.1) is 0 Å². The molecule has 2 nitrogen and oxygen atoms in total. The molecule has 0 aromatic carbocycles. The van der Waals surface area contributed by atoms with E-state index in [4.69, 9.17) is 0 Å². The lowest BCUT2D eigenvalue weighted by Crippen LogP contribution is -2.36. The monoisotopic (exact) mass is 212 g/mol. The fourth-order valence-electron chi connectivity index (χ4n) is 1.50. The molecule has 2 heteroatoms. The van der Waals surface area contributed by atoms with Crippen molar-refractivity contribution in [1.82, 2.24) is 10.2 Å². The topological polar surface area (TPSA) is 15.3 Å². The predicted octanol–water partition coefficient (Wildman–Crippen LogP) is 2.66. The van der Waals surface area contributed by atoms with E-state index in [1.54, 1.807) is 0 Å². The van der Waals surface area contributed by atoms with E-state index in [0.29, 0.717) is 12.1 Å². The second-order valence-electron chi connectivity index (χ2n) is 4.85. The highest BCUT2D eigenvalue weighted by atomic mass is 15.1. The zero-order valence-corrected chi connectivity index (χ0v) is 11.1. The van der Waals surface area contributed by atoms with Gasteiger partial charge in [-0.1, -0.05) is 27.4 Å². The van der Waals surface area contributed by atoms with E-state index in [1.165, 1.54) is 18.5 Å². The minimum absolute atomic E-state index is 0.542. The van der Waals surface area contributed by atoms with Crippen LogP contribution in [0, 0.1) is 0 Å². The summed E-state index contributed by atoms with van der Waals surface area (Å²) < 4.78 is 0. The van der Waals surface area contributed by atoms with E-state index in [0.717, 1.165) is 13.1 Å². The van der Waals surface area contributed by atoms with Gasteiger partial charge in [-0.3, -0.25) is 4.90 Å². The van der Waals surface area contributed by atoms with Gasteiger partial charge in [0.2, 0.25) is 0 Å². The van der Waals surface area contributed by atoms with Gasteiger partial charge in [-0.2, -0.15) is 0 Å². The molecule has 1 N–H and O–H groups in total. The Morgan fingerprint density at radius 1 is 1.27 bits per heavy atom. The number of hydrogen-bond acceptors (Lipinski definition) is 2. The highest BCUT2D eigenvalue weighted by molar-refractivity contribution is 5.00. The molecule has 0 unspecified atom stereocenters. The summed E-state index contributed by atoms with van der Waals surface area (Å²) in [5.74, 6) is 0. The molecular weight excluding hydrogens is 184 g/mol. The molecule has 0 radical (unpaired) electrons. The van der Waals surface area contributed by atoms with Crippen LogP contribution in [0.3, 0.4) is 0 Å². The molecule has 0 amide bonds. The van der Waals surface area contributed by atoms with Crippen molar-refractivity contribution in [3.05, 3.63) is 12.2 Å². The molecule has 0 atom stereocenters. The molecular formula is C13H28N2. The van der Waals surface area contributed by atoms with E-state index < -0.39 is 0 Å². The molecule has 0 aliphatic heterocycles. The van der Waals surface area contributed by atoms with E-state index in [2.05, 4.69) is 51.4 Å². The smallest absolute Gasteiger partial charge is 0.0205 e. The summed E-state index contributed by atoms with van der Waals surface area (Å²) in [6.07, 6.45) is 1.21. The van der Waals surface area contributed by atoms with E-state index in [1.807, 2.05) is 0 Å². The Morgan fingerprint density at radius 3 is 2.27 bits per heavy atom. The summed E-state index contributed by atoms with van der Waals surface area (Å²) in [5.41, 5.74) is 1.28. The fourth-order valence-corrected chi connectivity index (χ4v) is 1.50. The van der Waals surface area contributed by atoms with E-state index >= 15 is 0 Å². The molecule has 0 saturated heterocycles. The first-order chi connectivity index (χ1) is 6.97. The van der Waals surface area contributed by atoms with Gasteiger partial charge in [0.1, 0.15) is 0 Å². The van der Waals surface area contributed by atoms with Gasteiger partial charge in [0.25, 0.3) is 0 Å². The molecule has 0 aromatic heterocycles. The number of nitrogens with zero attached hydrogens (tertiary/aromatic N) is 1. The Hall–Kier alpha value is -0.340. The first kappa shape index (κ1) is 14.7. The van der Waals surface area contributed by atoms with Crippen LogP contribution in [0.5, 0.6) is 0 Å². The van der Waals surface area contributed by atoms with Gasteiger partial charge >= 0.3 is 0 Å². The van der Waals surface area contributed by atoms with Crippen LogP contribution in [0.4, 0.5) is 0 Å². The van der Waals surface area contributed by atoms with Crippen LogP contribution < -0.4 is 5.32 Å². The second kappa shape index (κ2) is 7.89. The summed E-state index contributed by atoms with van der Waals surface area (Å²) in [5, 5.41) is 3.41. The molecule has 0 aliphatic rings. The van der Waals surface area contributed by atoms with Crippen LogP contribution in [0.2, 0.25) is 0 Å². The summed E-state index contributed by atoms with van der Waals surface area (Å²) in [6, 6.07) is 1.15. The maximum atomic E-state index is 4.13. The summed E-state index contributed by atoms with van der Waals surface area (Å²) in [4.78, 5) is 2.48. The zero-order valence-electron chi connectivity index (χ0n) is 11.1. The van der Waals surface area contributed by atoms with Gasteiger partial charge in [-0.05, 0) is 32.4 Å². The van der Waals surface area contributed by atoms with Crippen molar-refractivity contribution in [3.63, 3.8) is 0 Å². The Kier molecular flexibility index (Phi) is 7.71. The van der Waals surface area contributed by atoms with Crippen molar-refractivity contribution in [2.45, 2.75) is 53.1 Å². The van der Waals surface area contributed by atoms with Gasteiger partial charge in [-0.25, -0.2) is 0 Å². The Bertz CT molecular complexity index is 173. The Labute approximate surface area is 95.7 Å². The van der Waals surface area contributed by atoms with Gasteiger partial charge in [0, 0.05) is 25.2 Å². The Morgan fingerprint density at radius 2 is 1.87 bits per heavy atom. The third-order valence-electron chi connectivity index (χ3n) is 2.43. The number of nitrogens with one attached hydrogen (secondary N) is 1.